The molecule has 1 heterocycles. The molecule has 2 nitrogen and oxygen atoms in total. The van der Waals surface area contributed by atoms with Gasteiger partial charge in [-0.1, -0.05) is 0 Å². The summed E-state index contributed by atoms with van der Waals surface area (Å²) in [5.74, 6) is 0. The highest BCUT2D eigenvalue weighted by Crippen LogP contribution is 2.40. The SMILES string of the molecule is N#C/C(=C\c1ccc(/C=C(\C#N)c2cc(C(F)(F)F)cc(C(F)(F)F)c2)s1)c1cc(C(F)(F)F)cc(C(F)(F)F)c1. The van der Waals surface area contributed by atoms with E-state index in [0.29, 0.717) is 35.6 Å². The molecular formula is C26H10F12N2S. The predicted molar refractivity (Wildman–Crippen MR) is 124 cm³/mol. The number of nitriles is 2. The number of alkyl halides is 12. The first-order valence-electron chi connectivity index (χ1n) is 10.7. The maximum absolute atomic E-state index is 13.2. The Morgan fingerprint density at radius 2 is 0.780 bits per heavy atom. The molecule has 15 heteroatoms. The molecule has 3 aromatic rings. The minimum Gasteiger partial charge on any atom is -0.192 e. The standard InChI is InChI=1S/C26H10F12N2S/c27-23(28,29)17-3-13(4-18(9-17)24(30,31)32)15(11-39)7-21-1-2-22(41-21)8-16(12-40)14-5-19(25(33,34)35)10-20(6-14)26(36,37)38/h1-10H/b15-7+,16-8+. The van der Waals surface area contributed by atoms with Crippen LogP contribution in [-0.2, 0) is 24.7 Å². The van der Waals surface area contributed by atoms with E-state index in [2.05, 4.69) is 0 Å². The van der Waals surface area contributed by atoms with Crippen molar-refractivity contribution in [1.29, 1.82) is 10.5 Å². The van der Waals surface area contributed by atoms with E-state index in [-0.39, 0.29) is 21.9 Å². The fraction of sp³-hybridized carbons (Fsp3) is 0.154. The maximum atomic E-state index is 13.2. The topological polar surface area (TPSA) is 47.6 Å². The van der Waals surface area contributed by atoms with E-state index in [1.54, 1.807) is 0 Å². The van der Waals surface area contributed by atoms with Crippen LogP contribution >= 0.6 is 11.3 Å². The van der Waals surface area contributed by atoms with Crippen LogP contribution in [0.1, 0.15) is 43.1 Å². The van der Waals surface area contributed by atoms with E-state index in [1.165, 1.54) is 24.3 Å². The summed E-state index contributed by atoms with van der Waals surface area (Å²) in [5.41, 5.74) is -9.25. The Bertz CT molecular complexity index is 1420. The fourth-order valence-corrected chi connectivity index (χ4v) is 4.29. The quantitative estimate of drug-likeness (QED) is 0.218. The Kier molecular flexibility index (Phi) is 8.37. The van der Waals surface area contributed by atoms with E-state index in [0.717, 1.165) is 12.2 Å². The molecule has 0 N–H and O–H groups in total. The largest absolute Gasteiger partial charge is 0.416 e. The Hall–Kier alpha value is -4.24. The van der Waals surface area contributed by atoms with Crippen LogP contribution in [0.15, 0.2) is 48.5 Å². The second-order valence-electron chi connectivity index (χ2n) is 8.17. The van der Waals surface area contributed by atoms with Crippen molar-refractivity contribution in [3.63, 3.8) is 0 Å². The summed E-state index contributed by atoms with van der Waals surface area (Å²) >= 11 is 0.705. The normalized spacial score (nSPS) is 13.6. The number of benzene rings is 2. The third kappa shape index (κ3) is 7.70. The Balaban J connectivity index is 2.08. The molecule has 0 amide bonds. The average molecular weight is 610 g/mol. The molecular weight excluding hydrogens is 600 g/mol. The van der Waals surface area contributed by atoms with Gasteiger partial charge in [0.05, 0.1) is 45.5 Å². The molecule has 0 saturated carbocycles. The number of hydrogen-bond acceptors (Lipinski definition) is 3. The average Bonchev–Trinajstić information content (AvgIpc) is 3.30. The van der Waals surface area contributed by atoms with Crippen molar-refractivity contribution in [2.75, 3.05) is 0 Å². The van der Waals surface area contributed by atoms with Crippen molar-refractivity contribution in [2.24, 2.45) is 0 Å². The molecule has 0 unspecified atom stereocenters. The molecule has 0 saturated heterocycles. The molecule has 3 rings (SSSR count). The maximum Gasteiger partial charge on any atom is 0.416 e. The Labute approximate surface area is 226 Å². The lowest BCUT2D eigenvalue weighted by atomic mass is 9.99. The van der Waals surface area contributed by atoms with Crippen LogP contribution in [0.25, 0.3) is 23.3 Å². The third-order valence-corrected chi connectivity index (χ3v) is 6.24. The molecule has 214 valence electrons. The first-order chi connectivity index (χ1) is 18.7. The van der Waals surface area contributed by atoms with Crippen molar-refractivity contribution in [1.82, 2.24) is 0 Å². The number of thiophene rings is 1. The minimum absolute atomic E-state index is 0.0658. The van der Waals surface area contributed by atoms with Crippen molar-refractivity contribution >= 4 is 34.6 Å². The van der Waals surface area contributed by atoms with Crippen LogP contribution in [0.2, 0.25) is 0 Å². The summed E-state index contributed by atoms with van der Waals surface area (Å²) in [6.45, 7) is 0. The van der Waals surface area contributed by atoms with Gasteiger partial charge in [0.25, 0.3) is 0 Å². The van der Waals surface area contributed by atoms with Crippen LogP contribution in [0, 0.1) is 22.7 Å². The molecule has 0 bridgehead atoms. The summed E-state index contributed by atoms with van der Waals surface area (Å²) < 4.78 is 158. The van der Waals surface area contributed by atoms with Gasteiger partial charge in [0.1, 0.15) is 0 Å². The number of halogens is 12. The summed E-state index contributed by atoms with van der Waals surface area (Å²) in [5, 5.41) is 18.9. The predicted octanol–water partition coefficient (Wildman–Crippen LogP) is 9.95. The van der Waals surface area contributed by atoms with Gasteiger partial charge in [-0.05, 0) is 71.8 Å². The Morgan fingerprint density at radius 1 is 0.512 bits per heavy atom. The second-order valence-corrected chi connectivity index (χ2v) is 9.32. The smallest absolute Gasteiger partial charge is 0.192 e. The summed E-state index contributed by atoms with van der Waals surface area (Å²) in [4.78, 5) is 0.132. The van der Waals surface area contributed by atoms with Gasteiger partial charge in [-0.3, -0.25) is 0 Å². The van der Waals surface area contributed by atoms with Crippen LogP contribution in [0.5, 0.6) is 0 Å². The van der Waals surface area contributed by atoms with Gasteiger partial charge in [-0.2, -0.15) is 63.2 Å². The van der Waals surface area contributed by atoms with Crippen molar-refractivity contribution < 1.29 is 52.7 Å². The van der Waals surface area contributed by atoms with Crippen LogP contribution in [0.3, 0.4) is 0 Å². The van der Waals surface area contributed by atoms with Gasteiger partial charge in [-0.15, -0.1) is 11.3 Å². The zero-order chi connectivity index (χ0) is 31.0. The first-order valence-corrected chi connectivity index (χ1v) is 11.5. The molecule has 41 heavy (non-hydrogen) atoms. The van der Waals surface area contributed by atoms with E-state index in [9.17, 15) is 63.2 Å². The third-order valence-electron chi connectivity index (χ3n) is 5.26. The highest BCUT2D eigenvalue weighted by atomic mass is 32.1. The molecule has 0 aliphatic carbocycles. The second kappa shape index (κ2) is 11.0. The zero-order valence-corrected chi connectivity index (χ0v) is 20.4. The lowest BCUT2D eigenvalue weighted by Crippen LogP contribution is -2.11. The van der Waals surface area contributed by atoms with Gasteiger partial charge in [0, 0.05) is 9.75 Å². The van der Waals surface area contributed by atoms with Gasteiger partial charge in [0.15, 0.2) is 0 Å². The van der Waals surface area contributed by atoms with Crippen LogP contribution in [-0.4, -0.2) is 0 Å². The molecule has 0 aliphatic rings. The van der Waals surface area contributed by atoms with Gasteiger partial charge in [-0.25, -0.2) is 0 Å². The van der Waals surface area contributed by atoms with Crippen LogP contribution in [0.4, 0.5) is 52.7 Å². The van der Waals surface area contributed by atoms with Crippen molar-refractivity contribution in [3.05, 3.63) is 91.7 Å². The van der Waals surface area contributed by atoms with E-state index in [1.807, 2.05) is 0 Å². The monoisotopic (exact) mass is 610 g/mol. The molecule has 2 aromatic carbocycles. The van der Waals surface area contributed by atoms with E-state index < -0.39 is 69.2 Å². The number of allylic oxidation sites excluding steroid dienone is 2. The summed E-state index contributed by atoms with van der Waals surface area (Å²) in [6.07, 6.45) is -18.8. The van der Waals surface area contributed by atoms with Gasteiger partial charge < -0.3 is 0 Å². The number of hydrogen-bond donors (Lipinski definition) is 0. The molecule has 0 radical (unpaired) electrons. The lowest BCUT2D eigenvalue weighted by molar-refractivity contribution is -0.144. The molecule has 1 aromatic heterocycles. The minimum atomic E-state index is -5.17. The highest BCUT2D eigenvalue weighted by Gasteiger charge is 2.38. The fourth-order valence-electron chi connectivity index (χ4n) is 3.39. The Morgan fingerprint density at radius 3 is 1.00 bits per heavy atom. The van der Waals surface area contributed by atoms with Crippen molar-refractivity contribution in [3.8, 4) is 12.1 Å². The highest BCUT2D eigenvalue weighted by molar-refractivity contribution is 7.13. The summed E-state index contributed by atoms with van der Waals surface area (Å²) in [6, 6.07) is 6.62. The van der Waals surface area contributed by atoms with E-state index >= 15 is 0 Å². The number of nitrogens with zero attached hydrogens (tertiary/aromatic N) is 2. The lowest BCUT2D eigenvalue weighted by Gasteiger charge is -2.14. The van der Waals surface area contributed by atoms with Crippen LogP contribution < -0.4 is 0 Å². The molecule has 0 atom stereocenters. The van der Waals surface area contributed by atoms with Gasteiger partial charge >= 0.3 is 24.7 Å². The molecule has 0 spiro atoms. The first kappa shape index (κ1) is 31.3. The van der Waals surface area contributed by atoms with E-state index in [4.69, 9.17) is 0 Å². The van der Waals surface area contributed by atoms with Gasteiger partial charge in [0.2, 0.25) is 0 Å². The van der Waals surface area contributed by atoms with Crippen molar-refractivity contribution in [2.45, 2.75) is 24.7 Å². The molecule has 0 aliphatic heterocycles. The number of rotatable bonds is 4. The zero-order valence-electron chi connectivity index (χ0n) is 19.6. The molecule has 0 fully saturated rings. The summed E-state index contributed by atoms with van der Waals surface area (Å²) in [7, 11) is 0.